The van der Waals surface area contributed by atoms with Crippen molar-refractivity contribution in [1.29, 1.82) is 0 Å². The van der Waals surface area contributed by atoms with Crippen molar-refractivity contribution < 1.29 is 14.7 Å². The van der Waals surface area contributed by atoms with Gasteiger partial charge >= 0.3 is 5.97 Å². The highest BCUT2D eigenvalue weighted by molar-refractivity contribution is 5.92. The maximum atomic E-state index is 11.1. The minimum absolute atomic E-state index is 0.105. The van der Waals surface area contributed by atoms with Gasteiger partial charge in [0.1, 0.15) is 0 Å². The van der Waals surface area contributed by atoms with E-state index in [-0.39, 0.29) is 12.3 Å². The summed E-state index contributed by atoms with van der Waals surface area (Å²) < 4.78 is 0. The van der Waals surface area contributed by atoms with Gasteiger partial charge in [-0.2, -0.15) is 0 Å². The fraction of sp³-hybridized carbons (Fsp3) is 0.556. The predicted molar refractivity (Wildman–Crippen MR) is 49.3 cm³/mol. The van der Waals surface area contributed by atoms with Crippen molar-refractivity contribution in [3.8, 4) is 0 Å². The van der Waals surface area contributed by atoms with E-state index in [1.165, 1.54) is 0 Å². The topological polar surface area (TPSA) is 66.4 Å². The molecule has 4 heteroatoms. The van der Waals surface area contributed by atoms with Gasteiger partial charge in [-0.05, 0) is 20.8 Å². The molecule has 0 aliphatic rings. The van der Waals surface area contributed by atoms with Crippen LogP contribution in [0.3, 0.4) is 0 Å². The molecule has 0 aliphatic carbocycles. The van der Waals surface area contributed by atoms with Gasteiger partial charge in [-0.25, -0.2) is 0 Å². The van der Waals surface area contributed by atoms with Crippen LogP contribution in [-0.4, -0.2) is 22.5 Å². The molecule has 0 aliphatic heterocycles. The molecule has 0 unspecified atom stereocenters. The van der Waals surface area contributed by atoms with E-state index in [4.69, 9.17) is 5.11 Å². The molecule has 0 heterocycles. The summed E-state index contributed by atoms with van der Waals surface area (Å²) in [5, 5.41) is 11.1. The predicted octanol–water partition coefficient (Wildman–Crippen LogP) is 0.932. The van der Waals surface area contributed by atoms with E-state index < -0.39 is 11.5 Å². The highest BCUT2D eigenvalue weighted by Crippen LogP contribution is 2.08. The largest absolute Gasteiger partial charge is 0.481 e. The molecule has 0 bridgehead atoms. The Bertz CT molecular complexity index is 243. The SMILES string of the molecule is C=C(C)C(=O)NC(C)(C)CC(=O)O. The summed E-state index contributed by atoms with van der Waals surface area (Å²) in [6.45, 7) is 8.34. The van der Waals surface area contributed by atoms with E-state index in [2.05, 4.69) is 11.9 Å². The van der Waals surface area contributed by atoms with Gasteiger partial charge in [0.15, 0.2) is 0 Å². The lowest BCUT2D eigenvalue weighted by Gasteiger charge is -2.24. The van der Waals surface area contributed by atoms with E-state index in [9.17, 15) is 9.59 Å². The fourth-order valence-electron chi connectivity index (χ4n) is 0.836. The zero-order valence-corrected chi connectivity index (χ0v) is 8.18. The van der Waals surface area contributed by atoms with Crippen LogP contribution in [0.15, 0.2) is 12.2 Å². The molecule has 0 radical (unpaired) electrons. The van der Waals surface area contributed by atoms with Crippen LogP contribution in [-0.2, 0) is 9.59 Å². The van der Waals surface area contributed by atoms with Gasteiger partial charge in [-0.3, -0.25) is 9.59 Å². The number of hydrogen-bond acceptors (Lipinski definition) is 2. The second-order valence-electron chi connectivity index (χ2n) is 3.69. The van der Waals surface area contributed by atoms with Gasteiger partial charge in [-0.15, -0.1) is 0 Å². The lowest BCUT2D eigenvalue weighted by molar-refractivity contribution is -0.138. The van der Waals surface area contributed by atoms with Crippen LogP contribution in [0.1, 0.15) is 27.2 Å². The monoisotopic (exact) mass is 185 g/mol. The van der Waals surface area contributed by atoms with Gasteiger partial charge < -0.3 is 10.4 Å². The summed E-state index contributed by atoms with van der Waals surface area (Å²) in [4.78, 5) is 21.5. The third-order valence-electron chi connectivity index (χ3n) is 1.43. The second-order valence-corrected chi connectivity index (χ2v) is 3.69. The molecule has 0 fully saturated rings. The molecule has 0 aromatic rings. The fourth-order valence-corrected chi connectivity index (χ4v) is 0.836. The zero-order chi connectivity index (χ0) is 10.6. The molecule has 0 aromatic carbocycles. The number of aliphatic carboxylic acids is 1. The zero-order valence-electron chi connectivity index (χ0n) is 8.18. The Labute approximate surface area is 77.6 Å². The molecule has 0 spiro atoms. The van der Waals surface area contributed by atoms with E-state index in [1.807, 2.05) is 0 Å². The quantitative estimate of drug-likeness (QED) is 0.640. The summed E-state index contributed by atoms with van der Waals surface area (Å²) >= 11 is 0. The Balaban J connectivity index is 4.24. The highest BCUT2D eigenvalue weighted by atomic mass is 16.4. The molecule has 0 saturated carbocycles. The minimum Gasteiger partial charge on any atom is -0.481 e. The maximum Gasteiger partial charge on any atom is 0.305 e. The number of rotatable bonds is 4. The van der Waals surface area contributed by atoms with E-state index >= 15 is 0 Å². The first-order valence-electron chi connectivity index (χ1n) is 3.94. The van der Waals surface area contributed by atoms with Crippen molar-refractivity contribution in [2.24, 2.45) is 0 Å². The third-order valence-corrected chi connectivity index (χ3v) is 1.43. The van der Waals surface area contributed by atoms with Crippen LogP contribution in [0.25, 0.3) is 0 Å². The number of carboxylic acid groups (broad SMARTS) is 1. The number of carboxylic acids is 1. The summed E-state index contributed by atoms with van der Waals surface area (Å²) in [5.74, 6) is -1.25. The number of hydrogen-bond donors (Lipinski definition) is 2. The standard InChI is InChI=1S/C9H15NO3/c1-6(2)8(13)10-9(3,4)5-7(11)12/h1,5H2,2-4H3,(H,10,13)(H,11,12). The van der Waals surface area contributed by atoms with Crippen LogP contribution in [0.2, 0.25) is 0 Å². The van der Waals surface area contributed by atoms with Gasteiger partial charge in [0.25, 0.3) is 0 Å². The molecule has 0 saturated heterocycles. The minimum atomic E-state index is -0.938. The first-order valence-corrected chi connectivity index (χ1v) is 3.94. The van der Waals surface area contributed by atoms with Gasteiger partial charge in [0, 0.05) is 11.1 Å². The summed E-state index contributed by atoms with van der Waals surface area (Å²) in [7, 11) is 0. The number of carbonyl (C=O) groups is 2. The maximum absolute atomic E-state index is 11.1. The van der Waals surface area contributed by atoms with Crippen molar-refractivity contribution >= 4 is 11.9 Å². The molecule has 0 rings (SSSR count). The lowest BCUT2D eigenvalue weighted by Crippen LogP contribution is -2.45. The number of carbonyl (C=O) groups excluding carboxylic acids is 1. The molecular formula is C9H15NO3. The first kappa shape index (κ1) is 11.7. The van der Waals surface area contributed by atoms with Crippen molar-refractivity contribution in [2.75, 3.05) is 0 Å². The van der Waals surface area contributed by atoms with Gasteiger partial charge in [-0.1, -0.05) is 6.58 Å². The molecule has 13 heavy (non-hydrogen) atoms. The van der Waals surface area contributed by atoms with Gasteiger partial charge in [0.05, 0.1) is 6.42 Å². The first-order chi connectivity index (χ1) is 5.74. The Morgan fingerprint density at radius 2 is 1.92 bits per heavy atom. The molecule has 1 amide bonds. The van der Waals surface area contributed by atoms with E-state index in [1.54, 1.807) is 20.8 Å². The van der Waals surface area contributed by atoms with Crippen LogP contribution in [0.5, 0.6) is 0 Å². The number of amides is 1. The number of nitrogens with one attached hydrogen (secondary N) is 1. The normalized spacial score (nSPS) is 10.7. The Kier molecular flexibility index (Phi) is 3.66. The summed E-state index contributed by atoms with van der Waals surface area (Å²) in [6.07, 6.45) is -0.105. The molecule has 0 aromatic heterocycles. The Morgan fingerprint density at radius 3 is 2.23 bits per heavy atom. The van der Waals surface area contributed by atoms with Crippen LogP contribution in [0.4, 0.5) is 0 Å². The Hall–Kier alpha value is -1.32. The van der Waals surface area contributed by atoms with Crippen molar-refractivity contribution in [2.45, 2.75) is 32.7 Å². The molecule has 0 atom stereocenters. The van der Waals surface area contributed by atoms with Gasteiger partial charge in [0.2, 0.25) is 5.91 Å². The van der Waals surface area contributed by atoms with Crippen LogP contribution < -0.4 is 5.32 Å². The highest BCUT2D eigenvalue weighted by Gasteiger charge is 2.23. The second kappa shape index (κ2) is 4.07. The van der Waals surface area contributed by atoms with Crippen molar-refractivity contribution in [1.82, 2.24) is 5.32 Å². The van der Waals surface area contributed by atoms with Crippen LogP contribution in [0, 0.1) is 0 Å². The molecule has 74 valence electrons. The van der Waals surface area contributed by atoms with Crippen molar-refractivity contribution in [3.63, 3.8) is 0 Å². The smallest absolute Gasteiger partial charge is 0.305 e. The average Bonchev–Trinajstić information content (AvgIpc) is 1.81. The molecule has 4 nitrogen and oxygen atoms in total. The summed E-state index contributed by atoms with van der Waals surface area (Å²) in [6, 6.07) is 0. The summed E-state index contributed by atoms with van der Waals surface area (Å²) in [5.41, 5.74) is -0.361. The van der Waals surface area contributed by atoms with Crippen LogP contribution >= 0.6 is 0 Å². The van der Waals surface area contributed by atoms with E-state index in [0.717, 1.165) is 0 Å². The lowest BCUT2D eigenvalue weighted by atomic mass is 10.0. The Morgan fingerprint density at radius 1 is 1.46 bits per heavy atom. The third kappa shape index (κ3) is 5.00. The van der Waals surface area contributed by atoms with E-state index in [0.29, 0.717) is 5.57 Å². The van der Waals surface area contributed by atoms with Crippen molar-refractivity contribution in [3.05, 3.63) is 12.2 Å². The molecular weight excluding hydrogens is 170 g/mol. The molecule has 2 N–H and O–H groups in total. The average molecular weight is 185 g/mol.